The van der Waals surface area contributed by atoms with Crippen molar-refractivity contribution in [3.63, 3.8) is 0 Å². The summed E-state index contributed by atoms with van der Waals surface area (Å²) >= 11 is 0. The number of benzene rings is 3. The Hall–Kier alpha value is -4.60. The lowest BCUT2D eigenvalue weighted by Gasteiger charge is -2.04. The second-order valence-electron chi connectivity index (χ2n) is 6.16. The van der Waals surface area contributed by atoms with Gasteiger partial charge in [-0.2, -0.15) is 0 Å². The van der Waals surface area contributed by atoms with Crippen LogP contribution in [0, 0.1) is 20.2 Å². The summed E-state index contributed by atoms with van der Waals surface area (Å²) in [6, 6.07) is 16.3. The van der Waals surface area contributed by atoms with Crippen LogP contribution in [-0.4, -0.2) is 20.8 Å². The van der Waals surface area contributed by atoms with Gasteiger partial charge in [0.2, 0.25) is 5.89 Å². The van der Waals surface area contributed by atoms with Gasteiger partial charge in [0, 0.05) is 23.8 Å². The van der Waals surface area contributed by atoms with Crippen LogP contribution in [0.15, 0.2) is 71.1 Å². The smallest absolute Gasteiger partial charge is 0.344 e. The van der Waals surface area contributed by atoms with Gasteiger partial charge >= 0.3 is 5.97 Å². The van der Waals surface area contributed by atoms with E-state index in [1.54, 1.807) is 6.07 Å². The lowest BCUT2D eigenvalue weighted by Crippen LogP contribution is -2.09. The van der Waals surface area contributed by atoms with Gasteiger partial charge in [0.05, 0.1) is 21.5 Å². The van der Waals surface area contributed by atoms with E-state index in [2.05, 4.69) is 4.98 Å². The van der Waals surface area contributed by atoms with Crippen molar-refractivity contribution >= 4 is 28.4 Å². The number of ether oxygens (including phenoxy) is 1. The number of aromatic nitrogens is 1. The van der Waals surface area contributed by atoms with Crippen LogP contribution in [0.1, 0.15) is 10.4 Å². The Morgan fingerprint density at radius 1 is 0.900 bits per heavy atom. The Labute approximate surface area is 167 Å². The number of oxazole rings is 1. The number of carbonyl (C=O) groups excluding carboxylic acids is 1. The average molecular weight is 405 g/mol. The lowest BCUT2D eigenvalue weighted by atomic mass is 10.2. The Balaban J connectivity index is 1.63. The van der Waals surface area contributed by atoms with Gasteiger partial charge in [-0.25, -0.2) is 9.78 Å². The van der Waals surface area contributed by atoms with Crippen molar-refractivity contribution in [1.82, 2.24) is 4.98 Å². The monoisotopic (exact) mass is 405 g/mol. The molecule has 0 fully saturated rings. The summed E-state index contributed by atoms with van der Waals surface area (Å²) in [5.41, 5.74) is 0.183. The molecule has 0 atom stereocenters. The van der Waals surface area contributed by atoms with Crippen LogP contribution in [0.3, 0.4) is 0 Å². The van der Waals surface area contributed by atoms with Crippen LogP contribution in [0.4, 0.5) is 11.4 Å². The van der Waals surface area contributed by atoms with E-state index in [1.807, 2.05) is 30.3 Å². The van der Waals surface area contributed by atoms with E-state index in [0.717, 1.165) is 23.8 Å². The first kappa shape index (κ1) is 18.7. The van der Waals surface area contributed by atoms with Gasteiger partial charge in [-0.1, -0.05) is 18.2 Å². The molecule has 0 aliphatic carbocycles. The number of rotatable bonds is 5. The molecule has 1 aromatic heterocycles. The molecule has 0 saturated carbocycles. The van der Waals surface area contributed by atoms with Crippen LogP contribution in [-0.2, 0) is 0 Å². The van der Waals surface area contributed by atoms with E-state index in [0.29, 0.717) is 17.0 Å². The molecule has 0 aliphatic heterocycles. The summed E-state index contributed by atoms with van der Waals surface area (Å²) in [7, 11) is 0. The van der Waals surface area contributed by atoms with E-state index in [4.69, 9.17) is 9.15 Å². The molecule has 148 valence electrons. The van der Waals surface area contributed by atoms with Crippen LogP contribution >= 0.6 is 0 Å². The molecule has 0 aliphatic rings. The second-order valence-corrected chi connectivity index (χ2v) is 6.16. The average Bonchev–Trinajstić information content (AvgIpc) is 3.17. The quantitative estimate of drug-likeness (QED) is 0.204. The largest absolute Gasteiger partial charge is 0.436 e. The Bertz CT molecular complexity index is 1270. The minimum absolute atomic E-state index is 0.0948. The van der Waals surface area contributed by atoms with Crippen LogP contribution < -0.4 is 4.74 Å². The Kier molecular flexibility index (Phi) is 4.64. The molecule has 0 amide bonds. The molecule has 0 N–H and O–H groups in total. The van der Waals surface area contributed by atoms with E-state index < -0.39 is 27.2 Å². The number of non-ortho nitro benzene ring substituents is 2. The standard InChI is InChI=1S/C20H11N3O7/c24-20(13-8-14(22(25)26)10-15(9-13)23(27)28)29-16-6-7-17-18(11-16)30-19(21-17)12-4-2-1-3-5-12/h1-11H. The molecule has 10 heteroatoms. The third-order valence-corrected chi connectivity index (χ3v) is 4.15. The molecule has 10 nitrogen and oxygen atoms in total. The first-order valence-electron chi connectivity index (χ1n) is 8.53. The molecule has 30 heavy (non-hydrogen) atoms. The maximum atomic E-state index is 12.4. The van der Waals surface area contributed by atoms with E-state index in [9.17, 15) is 25.0 Å². The first-order valence-corrected chi connectivity index (χ1v) is 8.53. The van der Waals surface area contributed by atoms with Gasteiger partial charge in [0.15, 0.2) is 5.58 Å². The molecule has 4 aromatic rings. The second kappa shape index (κ2) is 7.43. The van der Waals surface area contributed by atoms with Crippen molar-refractivity contribution in [1.29, 1.82) is 0 Å². The fraction of sp³-hybridized carbons (Fsp3) is 0. The number of nitro benzene ring substituents is 2. The van der Waals surface area contributed by atoms with Crippen LogP contribution in [0.5, 0.6) is 5.75 Å². The Morgan fingerprint density at radius 3 is 2.20 bits per heavy atom. The van der Waals surface area contributed by atoms with Crippen molar-refractivity contribution in [2.24, 2.45) is 0 Å². The topological polar surface area (TPSA) is 139 Å². The molecule has 0 saturated heterocycles. The SMILES string of the molecule is O=C(Oc1ccc2nc(-c3ccccc3)oc2c1)c1cc([N+](=O)[O-])cc([N+](=O)[O-])c1. The van der Waals surface area contributed by atoms with Crippen molar-refractivity contribution in [2.45, 2.75) is 0 Å². The zero-order valence-corrected chi connectivity index (χ0v) is 15.1. The highest BCUT2D eigenvalue weighted by molar-refractivity contribution is 5.93. The maximum Gasteiger partial charge on any atom is 0.344 e. The molecule has 0 unspecified atom stereocenters. The summed E-state index contributed by atoms with van der Waals surface area (Å²) in [4.78, 5) is 37.1. The third-order valence-electron chi connectivity index (χ3n) is 4.15. The first-order chi connectivity index (χ1) is 14.4. The number of hydrogen-bond donors (Lipinski definition) is 0. The van der Waals surface area contributed by atoms with Crippen molar-refractivity contribution in [3.05, 3.63) is 92.5 Å². The predicted octanol–water partition coefficient (Wildman–Crippen LogP) is 4.53. The highest BCUT2D eigenvalue weighted by atomic mass is 16.6. The van der Waals surface area contributed by atoms with Gasteiger partial charge in [0.1, 0.15) is 11.3 Å². The fourth-order valence-electron chi connectivity index (χ4n) is 2.76. The van der Waals surface area contributed by atoms with Crippen molar-refractivity contribution in [3.8, 4) is 17.2 Å². The van der Waals surface area contributed by atoms with Crippen LogP contribution in [0.25, 0.3) is 22.6 Å². The summed E-state index contributed by atoms with van der Waals surface area (Å²) in [6.07, 6.45) is 0. The summed E-state index contributed by atoms with van der Waals surface area (Å²) < 4.78 is 10.9. The lowest BCUT2D eigenvalue weighted by molar-refractivity contribution is -0.394. The predicted molar refractivity (Wildman–Crippen MR) is 104 cm³/mol. The van der Waals surface area contributed by atoms with Gasteiger partial charge < -0.3 is 9.15 Å². The van der Waals surface area contributed by atoms with Gasteiger partial charge in [0.25, 0.3) is 11.4 Å². The Morgan fingerprint density at radius 2 is 1.57 bits per heavy atom. The molecule has 4 rings (SSSR count). The fourth-order valence-corrected chi connectivity index (χ4v) is 2.76. The summed E-state index contributed by atoms with van der Waals surface area (Å²) in [5, 5.41) is 22.0. The zero-order valence-electron chi connectivity index (χ0n) is 15.1. The number of carbonyl (C=O) groups is 1. The molecular formula is C20H11N3O7. The number of hydrogen-bond acceptors (Lipinski definition) is 8. The van der Waals surface area contributed by atoms with E-state index >= 15 is 0 Å². The van der Waals surface area contributed by atoms with Gasteiger partial charge in [-0.3, -0.25) is 20.2 Å². The highest BCUT2D eigenvalue weighted by Gasteiger charge is 2.21. The number of nitro groups is 2. The number of fused-ring (bicyclic) bond motifs is 1. The van der Waals surface area contributed by atoms with Crippen LogP contribution in [0.2, 0.25) is 0 Å². The minimum Gasteiger partial charge on any atom is -0.436 e. The van der Waals surface area contributed by atoms with E-state index in [1.165, 1.54) is 12.1 Å². The van der Waals surface area contributed by atoms with Gasteiger partial charge in [-0.05, 0) is 24.3 Å². The van der Waals surface area contributed by atoms with E-state index in [-0.39, 0.29) is 11.3 Å². The minimum atomic E-state index is -0.982. The van der Waals surface area contributed by atoms with Crippen molar-refractivity contribution < 1.29 is 23.8 Å². The zero-order chi connectivity index (χ0) is 21.3. The number of nitrogens with zero attached hydrogens (tertiary/aromatic N) is 3. The molecule has 0 radical (unpaired) electrons. The molecule has 0 spiro atoms. The van der Waals surface area contributed by atoms with Crippen molar-refractivity contribution in [2.75, 3.05) is 0 Å². The maximum absolute atomic E-state index is 12.4. The number of esters is 1. The normalized spacial score (nSPS) is 10.7. The molecule has 3 aromatic carbocycles. The molecular weight excluding hydrogens is 394 g/mol. The molecule has 1 heterocycles. The molecule has 0 bridgehead atoms. The third kappa shape index (κ3) is 3.69. The highest BCUT2D eigenvalue weighted by Crippen LogP contribution is 2.28. The van der Waals surface area contributed by atoms with Gasteiger partial charge in [-0.15, -0.1) is 0 Å². The summed E-state index contributed by atoms with van der Waals surface area (Å²) in [5.74, 6) is -0.496. The summed E-state index contributed by atoms with van der Waals surface area (Å²) in [6.45, 7) is 0.